The smallest absolute Gasteiger partial charge is 0.199 e. The van der Waals surface area contributed by atoms with Crippen molar-refractivity contribution < 1.29 is 8.42 Å². The molecule has 0 atom stereocenters. The zero-order valence-electron chi connectivity index (χ0n) is 19.5. The van der Waals surface area contributed by atoms with E-state index in [1.165, 1.54) is 0 Å². The van der Waals surface area contributed by atoms with Gasteiger partial charge in [0.05, 0.1) is 4.90 Å². The van der Waals surface area contributed by atoms with Crippen LogP contribution in [0, 0.1) is 11.3 Å². The van der Waals surface area contributed by atoms with Gasteiger partial charge in [-0.15, -0.1) is 0 Å². The number of hydrogen-bond donors (Lipinski definition) is 1. The van der Waals surface area contributed by atoms with Gasteiger partial charge in [0.1, 0.15) is 22.6 Å². The normalized spacial score (nSPS) is 12.5. The van der Waals surface area contributed by atoms with E-state index in [0.717, 1.165) is 27.8 Å². The minimum absolute atomic E-state index is 0.189. The summed E-state index contributed by atoms with van der Waals surface area (Å²) >= 11 is 1.11. The molecule has 1 heterocycles. The Bertz CT molecular complexity index is 1830. The Hall–Kier alpha value is -4.52. The highest BCUT2D eigenvalue weighted by molar-refractivity contribution is 7.91. The van der Waals surface area contributed by atoms with E-state index < -0.39 is 15.7 Å². The highest BCUT2D eigenvalue weighted by Gasteiger charge is 2.17. The number of hydrogen-bond acceptors (Lipinski definition) is 6. The molecule has 9 heteroatoms. The molecule has 37 heavy (non-hydrogen) atoms. The minimum atomic E-state index is -3.74. The zero-order chi connectivity index (χ0) is 25.8. The van der Waals surface area contributed by atoms with Crippen molar-refractivity contribution in [3.63, 3.8) is 0 Å². The Morgan fingerprint density at radius 3 is 2.24 bits per heavy atom. The first-order valence-corrected chi connectivity index (χ1v) is 13.8. The molecule has 0 fully saturated rings. The standard InChI is InChI=1S/C28H21N5O2S2/c29-18-25-26(30)33(23-13-5-2-6-14-23)28(36-25)32-27(21-10-3-1-4-11-21)31-19-37(34,35)24-16-15-20-9-7-8-12-22(20)17-24/h1-17H,19,30H2/b31-27+,32-28?. The van der Waals surface area contributed by atoms with Crippen LogP contribution < -0.4 is 10.5 Å². The molecule has 0 spiro atoms. The van der Waals surface area contributed by atoms with E-state index in [1.54, 1.807) is 34.9 Å². The highest BCUT2D eigenvalue weighted by Crippen LogP contribution is 2.21. The molecule has 0 saturated carbocycles. The third-order valence-electron chi connectivity index (χ3n) is 5.67. The molecule has 4 aromatic carbocycles. The predicted octanol–water partition coefficient (Wildman–Crippen LogP) is 4.92. The van der Waals surface area contributed by atoms with Crippen LogP contribution in [0.15, 0.2) is 118 Å². The second kappa shape index (κ2) is 10.2. The van der Waals surface area contributed by atoms with E-state index in [1.807, 2.05) is 72.8 Å². The largest absolute Gasteiger partial charge is 0.383 e. The number of sulfone groups is 1. The summed E-state index contributed by atoms with van der Waals surface area (Å²) in [6.07, 6.45) is 0. The fourth-order valence-electron chi connectivity index (χ4n) is 3.82. The summed E-state index contributed by atoms with van der Waals surface area (Å²) in [5, 5.41) is 11.4. The van der Waals surface area contributed by atoms with Gasteiger partial charge in [0.25, 0.3) is 0 Å². The van der Waals surface area contributed by atoms with Gasteiger partial charge in [0, 0.05) is 11.3 Å². The van der Waals surface area contributed by atoms with Gasteiger partial charge in [-0.1, -0.05) is 90.2 Å². The lowest BCUT2D eigenvalue weighted by molar-refractivity contribution is 0.596. The third kappa shape index (κ3) is 5.07. The molecular weight excluding hydrogens is 502 g/mol. The average molecular weight is 524 g/mol. The first-order valence-electron chi connectivity index (χ1n) is 11.3. The number of rotatable bonds is 5. The Kier molecular flexibility index (Phi) is 6.68. The van der Waals surface area contributed by atoms with Gasteiger partial charge < -0.3 is 5.73 Å². The van der Waals surface area contributed by atoms with E-state index in [9.17, 15) is 13.7 Å². The molecule has 0 unspecified atom stereocenters. The number of aromatic nitrogens is 1. The Morgan fingerprint density at radius 2 is 1.54 bits per heavy atom. The van der Waals surface area contributed by atoms with Crippen LogP contribution in [0.3, 0.4) is 0 Å². The fraction of sp³-hybridized carbons (Fsp3) is 0.0357. The maximum absolute atomic E-state index is 13.2. The van der Waals surface area contributed by atoms with Crippen LogP contribution in [0.2, 0.25) is 0 Å². The van der Waals surface area contributed by atoms with Crippen molar-refractivity contribution in [2.45, 2.75) is 4.90 Å². The van der Waals surface area contributed by atoms with E-state index in [0.29, 0.717) is 15.2 Å². The van der Waals surface area contributed by atoms with E-state index >= 15 is 0 Å². The lowest BCUT2D eigenvalue weighted by atomic mass is 10.1. The quantitative estimate of drug-likeness (QED) is 0.260. The molecule has 5 aromatic rings. The zero-order valence-corrected chi connectivity index (χ0v) is 21.2. The van der Waals surface area contributed by atoms with Crippen molar-refractivity contribution in [2.75, 3.05) is 11.6 Å². The molecule has 0 saturated heterocycles. The number of nitrogen functional groups attached to an aromatic ring is 1. The topological polar surface area (TPSA) is 114 Å². The Balaban J connectivity index is 1.62. The van der Waals surface area contributed by atoms with Gasteiger partial charge in [-0.05, 0) is 35.0 Å². The van der Waals surface area contributed by atoms with Gasteiger partial charge in [0.2, 0.25) is 0 Å². The monoisotopic (exact) mass is 523 g/mol. The lowest BCUT2D eigenvalue weighted by Crippen LogP contribution is -2.18. The number of amidine groups is 1. The van der Waals surface area contributed by atoms with Gasteiger partial charge in [0.15, 0.2) is 20.5 Å². The summed E-state index contributed by atoms with van der Waals surface area (Å²) in [7, 11) is -3.74. The molecular formula is C28H21N5O2S2. The maximum atomic E-state index is 13.2. The molecule has 5 rings (SSSR count). The number of nitrogens with zero attached hydrogens (tertiary/aromatic N) is 4. The third-order valence-corrected chi connectivity index (χ3v) is 8.07. The molecule has 182 valence electrons. The molecule has 1 aromatic heterocycles. The molecule has 0 bridgehead atoms. The number of nitrogens with two attached hydrogens (primary N) is 1. The number of para-hydroxylation sites is 1. The predicted molar refractivity (Wildman–Crippen MR) is 147 cm³/mol. The Morgan fingerprint density at radius 1 is 0.892 bits per heavy atom. The second-order valence-electron chi connectivity index (χ2n) is 8.09. The van der Waals surface area contributed by atoms with Crippen molar-refractivity contribution in [3.05, 3.63) is 118 Å². The number of fused-ring (bicyclic) bond motifs is 1. The molecule has 0 radical (unpaired) electrons. The highest BCUT2D eigenvalue weighted by atomic mass is 32.2. The molecule has 7 nitrogen and oxygen atoms in total. The van der Waals surface area contributed by atoms with Crippen LogP contribution in [0.5, 0.6) is 0 Å². The first-order chi connectivity index (χ1) is 18.0. The van der Waals surface area contributed by atoms with Crippen molar-refractivity contribution in [1.29, 1.82) is 5.26 Å². The van der Waals surface area contributed by atoms with Crippen LogP contribution in [0.25, 0.3) is 16.5 Å². The summed E-state index contributed by atoms with van der Waals surface area (Å²) in [6.45, 7) is 0. The number of aliphatic imine (C=N–C) groups is 1. The minimum Gasteiger partial charge on any atom is -0.383 e. The number of benzene rings is 4. The van der Waals surface area contributed by atoms with Crippen molar-refractivity contribution in [1.82, 2.24) is 4.57 Å². The Labute approximate surface area is 218 Å². The van der Waals surface area contributed by atoms with E-state index in [-0.39, 0.29) is 16.5 Å². The molecule has 0 amide bonds. The van der Waals surface area contributed by atoms with E-state index in [2.05, 4.69) is 11.1 Å². The van der Waals surface area contributed by atoms with Crippen LogP contribution in [-0.2, 0) is 9.84 Å². The first kappa shape index (κ1) is 24.2. The van der Waals surface area contributed by atoms with Gasteiger partial charge in [-0.25, -0.2) is 18.4 Å². The van der Waals surface area contributed by atoms with Crippen LogP contribution in [0.1, 0.15) is 10.4 Å². The molecule has 0 aliphatic rings. The summed E-state index contributed by atoms with van der Waals surface area (Å²) in [6, 6.07) is 33.1. The lowest BCUT2D eigenvalue weighted by Gasteiger charge is -2.07. The summed E-state index contributed by atoms with van der Waals surface area (Å²) in [5.41, 5.74) is 7.65. The van der Waals surface area contributed by atoms with Gasteiger partial charge in [-0.2, -0.15) is 5.26 Å². The van der Waals surface area contributed by atoms with Crippen LogP contribution >= 0.6 is 11.3 Å². The van der Waals surface area contributed by atoms with Crippen molar-refractivity contribution >= 4 is 43.6 Å². The summed E-state index contributed by atoms with van der Waals surface area (Å²) < 4.78 is 28.2. The average Bonchev–Trinajstić information content (AvgIpc) is 3.26. The maximum Gasteiger partial charge on any atom is 0.199 e. The van der Waals surface area contributed by atoms with Crippen LogP contribution in [-0.4, -0.2) is 24.7 Å². The number of anilines is 1. The second-order valence-corrected chi connectivity index (χ2v) is 11.0. The molecule has 0 aliphatic heterocycles. The van der Waals surface area contributed by atoms with Crippen molar-refractivity contribution in [2.24, 2.45) is 9.98 Å². The van der Waals surface area contributed by atoms with Gasteiger partial charge in [-0.3, -0.25) is 4.57 Å². The van der Waals surface area contributed by atoms with Gasteiger partial charge >= 0.3 is 0 Å². The SMILES string of the molecule is N#Cc1sc(=N/C(=N/CS(=O)(=O)c2ccc3ccccc3c2)c2ccccc2)n(-c2ccccc2)c1N. The number of thiazole rings is 1. The fourth-order valence-corrected chi connectivity index (χ4v) is 5.70. The number of nitriles is 1. The molecule has 0 aliphatic carbocycles. The summed E-state index contributed by atoms with van der Waals surface area (Å²) in [5.74, 6) is -0.00913. The molecule has 2 N–H and O–H groups in total. The summed E-state index contributed by atoms with van der Waals surface area (Å²) in [4.78, 5) is 10.1. The van der Waals surface area contributed by atoms with Crippen LogP contribution in [0.4, 0.5) is 5.82 Å². The van der Waals surface area contributed by atoms with E-state index in [4.69, 9.17) is 10.7 Å². The van der Waals surface area contributed by atoms with Crippen molar-refractivity contribution in [3.8, 4) is 11.8 Å².